The summed E-state index contributed by atoms with van der Waals surface area (Å²) in [5, 5.41) is 2.75. The van der Waals surface area contributed by atoms with Gasteiger partial charge in [-0.1, -0.05) is 13.8 Å². The van der Waals surface area contributed by atoms with Crippen LogP contribution in [-0.4, -0.2) is 40.5 Å². The van der Waals surface area contributed by atoms with Crippen LogP contribution in [0.3, 0.4) is 0 Å². The molecule has 0 bridgehead atoms. The number of halogens is 3. The lowest BCUT2D eigenvalue weighted by Gasteiger charge is -2.49. The molecule has 1 aliphatic rings. The number of piperazine rings is 1. The lowest BCUT2D eigenvalue weighted by molar-refractivity contribution is -0.163. The first kappa shape index (κ1) is 17.8. The van der Waals surface area contributed by atoms with Crippen molar-refractivity contribution in [2.45, 2.75) is 70.6 Å². The van der Waals surface area contributed by atoms with E-state index in [0.29, 0.717) is 12.8 Å². The number of nitrogens with one attached hydrogen (secondary N) is 1. The van der Waals surface area contributed by atoms with Crippen molar-refractivity contribution in [3.05, 3.63) is 0 Å². The highest BCUT2D eigenvalue weighted by molar-refractivity contribution is 6.01. The van der Waals surface area contributed by atoms with E-state index in [1.54, 1.807) is 27.7 Å². The van der Waals surface area contributed by atoms with E-state index in [4.69, 9.17) is 0 Å². The Balaban J connectivity index is 2.95. The molecule has 0 spiro atoms. The van der Waals surface area contributed by atoms with Gasteiger partial charge in [-0.2, -0.15) is 13.2 Å². The molecule has 21 heavy (non-hydrogen) atoms. The average Bonchev–Trinajstić information content (AvgIpc) is 2.37. The van der Waals surface area contributed by atoms with Crippen LogP contribution in [-0.2, 0) is 9.59 Å². The molecule has 1 fully saturated rings. The van der Waals surface area contributed by atoms with E-state index in [1.807, 2.05) is 0 Å². The van der Waals surface area contributed by atoms with E-state index in [0.717, 1.165) is 0 Å². The largest absolute Gasteiger partial charge is 0.389 e. The van der Waals surface area contributed by atoms with Gasteiger partial charge in [0.2, 0.25) is 11.8 Å². The molecule has 1 rings (SSSR count). The van der Waals surface area contributed by atoms with Gasteiger partial charge in [0.1, 0.15) is 11.1 Å². The van der Waals surface area contributed by atoms with Gasteiger partial charge < -0.3 is 10.2 Å². The van der Waals surface area contributed by atoms with E-state index >= 15 is 0 Å². The molecule has 0 atom stereocenters. The minimum atomic E-state index is -4.25. The molecule has 4 nitrogen and oxygen atoms in total. The van der Waals surface area contributed by atoms with Crippen LogP contribution in [0.25, 0.3) is 0 Å². The van der Waals surface area contributed by atoms with Gasteiger partial charge in [0.05, 0.1) is 0 Å². The molecule has 0 radical (unpaired) electrons. The summed E-state index contributed by atoms with van der Waals surface area (Å²) in [5.41, 5.74) is -2.12. The second-order valence-corrected chi connectivity index (χ2v) is 5.98. The molecule has 0 saturated carbocycles. The number of hydrogen-bond donors (Lipinski definition) is 1. The third kappa shape index (κ3) is 3.49. The zero-order valence-corrected chi connectivity index (χ0v) is 12.9. The first-order valence-corrected chi connectivity index (χ1v) is 7.21. The Bertz CT molecular complexity index is 415. The fraction of sp³-hybridized carbons (Fsp3) is 0.857. The van der Waals surface area contributed by atoms with Crippen LogP contribution in [0.5, 0.6) is 0 Å². The molecule has 0 aromatic rings. The predicted molar refractivity (Wildman–Crippen MR) is 72.5 cm³/mol. The highest BCUT2D eigenvalue weighted by atomic mass is 19.4. The Hall–Kier alpha value is -1.27. The van der Waals surface area contributed by atoms with Gasteiger partial charge in [-0.15, -0.1) is 0 Å². The SMILES string of the molecule is CCC1(CC)NC(=O)C(C)(C)N(CCCC(F)(F)F)C1=O. The summed E-state index contributed by atoms with van der Waals surface area (Å²) in [6.07, 6.45) is -4.58. The lowest BCUT2D eigenvalue weighted by Crippen LogP contribution is -2.73. The number of amides is 2. The highest BCUT2D eigenvalue weighted by Crippen LogP contribution is 2.31. The highest BCUT2D eigenvalue weighted by Gasteiger charge is 2.52. The van der Waals surface area contributed by atoms with Gasteiger partial charge in [-0.05, 0) is 33.1 Å². The molecule has 1 saturated heterocycles. The molecular weight excluding hydrogens is 285 g/mol. The van der Waals surface area contributed by atoms with Gasteiger partial charge >= 0.3 is 6.18 Å². The number of rotatable bonds is 5. The Morgan fingerprint density at radius 1 is 1.14 bits per heavy atom. The third-order valence-corrected chi connectivity index (χ3v) is 4.29. The summed E-state index contributed by atoms with van der Waals surface area (Å²) < 4.78 is 36.8. The molecule has 0 unspecified atom stereocenters. The van der Waals surface area contributed by atoms with Crippen LogP contribution in [0, 0.1) is 0 Å². The zero-order chi connectivity index (χ0) is 16.5. The van der Waals surface area contributed by atoms with Crippen LogP contribution in [0.4, 0.5) is 13.2 Å². The van der Waals surface area contributed by atoms with Crippen LogP contribution in [0.1, 0.15) is 53.4 Å². The van der Waals surface area contributed by atoms with Gasteiger partial charge in [0.25, 0.3) is 0 Å². The number of alkyl halides is 3. The van der Waals surface area contributed by atoms with E-state index in [1.165, 1.54) is 4.90 Å². The average molecular weight is 308 g/mol. The molecule has 1 heterocycles. The van der Waals surface area contributed by atoms with E-state index in [-0.39, 0.29) is 24.8 Å². The number of hydrogen-bond acceptors (Lipinski definition) is 2. The predicted octanol–water partition coefficient (Wildman–Crippen LogP) is 2.62. The molecule has 0 aromatic heterocycles. The minimum Gasteiger partial charge on any atom is -0.340 e. The molecule has 2 amide bonds. The molecule has 0 aliphatic carbocycles. The Labute approximate surface area is 123 Å². The Morgan fingerprint density at radius 3 is 2.10 bits per heavy atom. The summed E-state index contributed by atoms with van der Waals surface area (Å²) in [6.45, 7) is 6.62. The number of nitrogens with zero attached hydrogens (tertiary/aromatic N) is 1. The summed E-state index contributed by atoms with van der Waals surface area (Å²) in [5.74, 6) is -0.614. The molecular formula is C14H23F3N2O2. The van der Waals surface area contributed by atoms with Gasteiger partial charge in [-0.3, -0.25) is 9.59 Å². The van der Waals surface area contributed by atoms with E-state index < -0.39 is 23.7 Å². The van der Waals surface area contributed by atoms with Gasteiger partial charge in [0, 0.05) is 13.0 Å². The quantitative estimate of drug-likeness (QED) is 0.849. The van der Waals surface area contributed by atoms with Crippen molar-refractivity contribution in [2.75, 3.05) is 6.54 Å². The molecule has 7 heteroatoms. The standard InChI is InChI=1S/C14H23F3N2O2/c1-5-13(6-2)11(21)19(9-7-8-14(15,16)17)12(3,4)10(20)18-13/h5-9H2,1-4H3,(H,18,20). The molecule has 0 aromatic carbocycles. The van der Waals surface area contributed by atoms with Gasteiger partial charge in [-0.25, -0.2) is 0 Å². The molecule has 122 valence electrons. The summed E-state index contributed by atoms with van der Waals surface area (Å²) in [4.78, 5) is 26.2. The van der Waals surface area contributed by atoms with Crippen molar-refractivity contribution in [3.8, 4) is 0 Å². The number of carbonyl (C=O) groups is 2. The monoisotopic (exact) mass is 308 g/mol. The maximum Gasteiger partial charge on any atom is 0.389 e. The summed E-state index contributed by atoms with van der Waals surface area (Å²) in [7, 11) is 0. The fourth-order valence-electron chi connectivity index (χ4n) is 2.61. The van der Waals surface area contributed by atoms with Crippen LogP contribution in [0.2, 0.25) is 0 Å². The second-order valence-electron chi connectivity index (χ2n) is 5.98. The third-order valence-electron chi connectivity index (χ3n) is 4.29. The van der Waals surface area contributed by atoms with Crippen molar-refractivity contribution >= 4 is 11.8 Å². The lowest BCUT2D eigenvalue weighted by atomic mass is 9.83. The minimum absolute atomic E-state index is 0.0689. The van der Waals surface area contributed by atoms with Crippen molar-refractivity contribution in [3.63, 3.8) is 0 Å². The maximum atomic E-state index is 12.7. The van der Waals surface area contributed by atoms with Crippen molar-refractivity contribution < 1.29 is 22.8 Å². The molecule has 1 N–H and O–H groups in total. The van der Waals surface area contributed by atoms with Crippen LogP contribution >= 0.6 is 0 Å². The second kappa shape index (κ2) is 5.85. The number of carbonyl (C=O) groups excluding carboxylic acids is 2. The van der Waals surface area contributed by atoms with E-state index in [9.17, 15) is 22.8 Å². The smallest absolute Gasteiger partial charge is 0.340 e. The Morgan fingerprint density at radius 2 is 1.67 bits per heavy atom. The summed E-state index contributed by atoms with van der Waals surface area (Å²) in [6, 6.07) is 0. The summed E-state index contributed by atoms with van der Waals surface area (Å²) >= 11 is 0. The normalized spacial score (nSPS) is 21.4. The van der Waals surface area contributed by atoms with Crippen LogP contribution < -0.4 is 5.32 Å². The zero-order valence-electron chi connectivity index (χ0n) is 12.9. The van der Waals surface area contributed by atoms with Crippen molar-refractivity contribution in [1.82, 2.24) is 10.2 Å². The first-order chi connectivity index (χ1) is 9.50. The molecule has 1 aliphatic heterocycles. The Kier molecular flexibility index (Phi) is 4.95. The topological polar surface area (TPSA) is 49.4 Å². The fourth-order valence-corrected chi connectivity index (χ4v) is 2.61. The first-order valence-electron chi connectivity index (χ1n) is 7.21. The van der Waals surface area contributed by atoms with Crippen molar-refractivity contribution in [1.29, 1.82) is 0 Å². The van der Waals surface area contributed by atoms with E-state index in [2.05, 4.69) is 5.32 Å². The van der Waals surface area contributed by atoms with Crippen LogP contribution in [0.15, 0.2) is 0 Å². The maximum absolute atomic E-state index is 12.7. The van der Waals surface area contributed by atoms with Crippen molar-refractivity contribution in [2.24, 2.45) is 0 Å². The van der Waals surface area contributed by atoms with Gasteiger partial charge in [0.15, 0.2) is 0 Å².